The minimum absolute atomic E-state index is 0.118. The van der Waals surface area contributed by atoms with Gasteiger partial charge in [-0.2, -0.15) is 0 Å². The second-order valence-corrected chi connectivity index (χ2v) is 4.21. The number of alkyl halides is 1. The van der Waals surface area contributed by atoms with E-state index in [2.05, 4.69) is 0 Å². The third kappa shape index (κ3) is 0.681. The molecule has 0 radical (unpaired) electrons. The molecule has 0 spiro atoms. The van der Waals surface area contributed by atoms with E-state index in [1.807, 2.05) is 0 Å². The molecule has 0 aromatic carbocycles. The molecule has 5 atom stereocenters. The van der Waals surface area contributed by atoms with Crippen molar-refractivity contribution < 1.29 is 14.6 Å². The van der Waals surface area contributed by atoms with E-state index in [0.717, 1.165) is 0 Å². The highest BCUT2D eigenvalue weighted by Gasteiger charge is 2.75. The van der Waals surface area contributed by atoms with E-state index in [1.54, 1.807) is 0 Å². The van der Waals surface area contributed by atoms with Gasteiger partial charge in [0.25, 0.3) is 0 Å². The van der Waals surface area contributed by atoms with Crippen LogP contribution in [0, 0.1) is 11.8 Å². The van der Waals surface area contributed by atoms with Gasteiger partial charge in [0.15, 0.2) is 0 Å². The Labute approximate surface area is 65.0 Å². The summed E-state index contributed by atoms with van der Waals surface area (Å²) in [6.07, 6.45) is -0.327. The summed E-state index contributed by atoms with van der Waals surface area (Å²) >= 11 is 0. The van der Waals surface area contributed by atoms with Crippen molar-refractivity contribution in [2.45, 2.75) is 37.6 Å². The van der Waals surface area contributed by atoms with Gasteiger partial charge < -0.3 is 10.2 Å². The maximum absolute atomic E-state index is 13.3. The van der Waals surface area contributed by atoms with Crippen LogP contribution in [0.5, 0.6) is 0 Å². The lowest BCUT2D eigenvalue weighted by Crippen LogP contribution is -2.41. The van der Waals surface area contributed by atoms with Crippen LogP contribution in [0.4, 0.5) is 4.39 Å². The van der Waals surface area contributed by atoms with Gasteiger partial charge in [-0.05, 0) is 20.3 Å². The summed E-state index contributed by atoms with van der Waals surface area (Å²) < 4.78 is 13.3. The highest BCUT2D eigenvalue weighted by atomic mass is 19.1. The second-order valence-electron chi connectivity index (χ2n) is 4.21. The maximum Gasteiger partial charge on any atom is 0.117 e. The van der Waals surface area contributed by atoms with Crippen LogP contribution in [-0.4, -0.2) is 27.6 Å². The van der Waals surface area contributed by atoms with E-state index in [-0.39, 0.29) is 11.8 Å². The molecule has 0 heterocycles. The van der Waals surface area contributed by atoms with Gasteiger partial charge in [-0.3, -0.25) is 0 Å². The van der Waals surface area contributed by atoms with Crippen molar-refractivity contribution in [3.05, 3.63) is 0 Å². The predicted molar refractivity (Wildman–Crippen MR) is 37.7 cm³/mol. The van der Waals surface area contributed by atoms with Crippen LogP contribution in [0.1, 0.15) is 20.3 Å². The highest BCUT2D eigenvalue weighted by molar-refractivity contribution is 5.23. The van der Waals surface area contributed by atoms with E-state index < -0.39 is 17.4 Å². The van der Waals surface area contributed by atoms with Crippen molar-refractivity contribution in [2.24, 2.45) is 11.8 Å². The van der Waals surface area contributed by atoms with Crippen molar-refractivity contribution in [3.63, 3.8) is 0 Å². The quantitative estimate of drug-likeness (QED) is 0.541. The number of aliphatic hydroxyl groups is 2. The van der Waals surface area contributed by atoms with Gasteiger partial charge in [0.1, 0.15) is 5.67 Å². The summed E-state index contributed by atoms with van der Waals surface area (Å²) in [7, 11) is 0. The molecule has 5 unspecified atom stereocenters. The van der Waals surface area contributed by atoms with Gasteiger partial charge in [-0.25, -0.2) is 4.39 Å². The topological polar surface area (TPSA) is 40.5 Å². The first-order valence-corrected chi connectivity index (χ1v) is 3.98. The summed E-state index contributed by atoms with van der Waals surface area (Å²) in [4.78, 5) is 0. The molecule has 2 aliphatic carbocycles. The molecular weight excluding hydrogens is 147 g/mol. The van der Waals surface area contributed by atoms with Crippen molar-refractivity contribution in [2.75, 3.05) is 0 Å². The molecule has 64 valence electrons. The third-order valence-electron chi connectivity index (χ3n) is 3.41. The third-order valence-corrected chi connectivity index (χ3v) is 3.41. The van der Waals surface area contributed by atoms with E-state index in [1.165, 1.54) is 13.8 Å². The van der Waals surface area contributed by atoms with Gasteiger partial charge >= 0.3 is 0 Å². The lowest BCUT2D eigenvalue weighted by Gasteiger charge is -2.26. The molecule has 11 heavy (non-hydrogen) atoms. The highest BCUT2D eigenvalue weighted by Crippen LogP contribution is 2.66. The molecule has 2 N–H and O–H groups in total. The smallest absolute Gasteiger partial charge is 0.117 e. The van der Waals surface area contributed by atoms with E-state index >= 15 is 0 Å². The maximum atomic E-state index is 13.3. The lowest BCUT2D eigenvalue weighted by molar-refractivity contribution is -0.0746. The average molecular weight is 160 g/mol. The summed E-state index contributed by atoms with van der Waals surface area (Å²) in [6, 6.07) is 0. The first kappa shape index (κ1) is 7.50. The number of rotatable bonds is 0. The first-order chi connectivity index (χ1) is 4.88. The molecule has 0 aliphatic heterocycles. The Balaban J connectivity index is 2.24. The van der Waals surface area contributed by atoms with Crippen molar-refractivity contribution in [1.82, 2.24) is 0 Å². The van der Waals surface area contributed by atoms with E-state index in [0.29, 0.717) is 6.42 Å². The molecular formula is C8H13FO2. The first-order valence-electron chi connectivity index (χ1n) is 3.98. The number of aliphatic hydroxyl groups excluding tert-OH is 1. The molecule has 0 aromatic heterocycles. The molecule has 2 aliphatic rings. The average Bonchev–Trinajstić information content (AvgIpc) is 2.23. The Morgan fingerprint density at radius 3 is 2.27 bits per heavy atom. The van der Waals surface area contributed by atoms with Crippen molar-refractivity contribution in [3.8, 4) is 0 Å². The Hall–Kier alpha value is -0.150. The molecule has 2 fully saturated rings. The minimum atomic E-state index is -1.23. The van der Waals surface area contributed by atoms with Crippen LogP contribution in [-0.2, 0) is 0 Å². The van der Waals surface area contributed by atoms with Crippen LogP contribution in [0.2, 0.25) is 0 Å². The zero-order valence-corrected chi connectivity index (χ0v) is 6.71. The molecule has 0 bridgehead atoms. The van der Waals surface area contributed by atoms with Gasteiger partial charge in [-0.1, -0.05) is 0 Å². The minimum Gasteiger partial charge on any atom is -0.390 e. The molecule has 2 nitrogen and oxygen atoms in total. The van der Waals surface area contributed by atoms with E-state index in [9.17, 15) is 14.6 Å². The largest absolute Gasteiger partial charge is 0.390 e. The normalized spacial score (nSPS) is 67.9. The van der Waals surface area contributed by atoms with Gasteiger partial charge in [0.2, 0.25) is 0 Å². The molecule has 2 saturated carbocycles. The van der Waals surface area contributed by atoms with Crippen LogP contribution in [0.3, 0.4) is 0 Å². The van der Waals surface area contributed by atoms with Crippen molar-refractivity contribution in [1.29, 1.82) is 0 Å². The number of hydrogen-bond donors (Lipinski definition) is 2. The molecule has 3 heteroatoms. The Morgan fingerprint density at radius 1 is 1.45 bits per heavy atom. The standard InChI is InChI=1S/C8H13FO2/c1-7(9)4-3-5(10)8(2,11)6(4)7/h4-6,10-11H,3H2,1-2H3. The monoisotopic (exact) mass is 160 g/mol. The van der Waals surface area contributed by atoms with Gasteiger partial charge in [-0.15, -0.1) is 0 Å². The molecule has 0 saturated heterocycles. The number of fused-ring (bicyclic) bond motifs is 1. The summed E-state index contributed by atoms with van der Waals surface area (Å²) in [5.41, 5.74) is -2.43. The zero-order chi connectivity index (χ0) is 8.44. The van der Waals surface area contributed by atoms with Crippen LogP contribution in [0.15, 0.2) is 0 Å². The molecule has 0 amide bonds. The Morgan fingerprint density at radius 2 is 2.00 bits per heavy atom. The second kappa shape index (κ2) is 1.62. The van der Waals surface area contributed by atoms with Gasteiger partial charge in [0, 0.05) is 11.8 Å². The fourth-order valence-electron chi connectivity index (χ4n) is 2.60. The predicted octanol–water partition coefficient (Wildman–Crippen LogP) is 0.476. The van der Waals surface area contributed by atoms with Crippen LogP contribution in [0.25, 0.3) is 0 Å². The van der Waals surface area contributed by atoms with Crippen molar-refractivity contribution >= 4 is 0 Å². The lowest BCUT2D eigenvalue weighted by atomic mass is 9.94. The number of halogens is 1. The fourth-order valence-corrected chi connectivity index (χ4v) is 2.60. The SMILES string of the molecule is CC1(O)C(O)CC2C1C2(C)F. The van der Waals surface area contributed by atoms with Crippen LogP contribution < -0.4 is 0 Å². The molecule has 2 rings (SSSR count). The Kier molecular flexibility index (Phi) is 1.10. The summed E-state index contributed by atoms with van der Waals surface area (Å²) in [5.74, 6) is -0.461. The van der Waals surface area contributed by atoms with Gasteiger partial charge in [0.05, 0.1) is 11.7 Å². The zero-order valence-electron chi connectivity index (χ0n) is 6.71. The van der Waals surface area contributed by atoms with E-state index in [4.69, 9.17) is 0 Å². The Bertz CT molecular complexity index is 200. The fraction of sp³-hybridized carbons (Fsp3) is 1.00. The summed E-state index contributed by atoms with van der Waals surface area (Å²) in [5, 5.41) is 18.9. The van der Waals surface area contributed by atoms with Crippen LogP contribution >= 0.6 is 0 Å². The number of hydrogen-bond acceptors (Lipinski definition) is 2. The molecule has 0 aromatic rings. The summed E-state index contributed by atoms with van der Waals surface area (Å²) in [6.45, 7) is 3.02.